The predicted octanol–water partition coefficient (Wildman–Crippen LogP) is 5.81. The van der Waals surface area contributed by atoms with Crippen molar-refractivity contribution in [2.45, 2.75) is 26.4 Å². The molecule has 10 heteroatoms. The van der Waals surface area contributed by atoms with Crippen LogP contribution in [0.2, 0.25) is 10.0 Å². The molecule has 7 nitrogen and oxygen atoms in total. The van der Waals surface area contributed by atoms with Gasteiger partial charge in [0.25, 0.3) is 0 Å². The number of nitrogen functional groups attached to an aromatic ring is 1. The normalized spacial score (nSPS) is 14.8. The van der Waals surface area contributed by atoms with Gasteiger partial charge < -0.3 is 25.1 Å². The van der Waals surface area contributed by atoms with E-state index in [1.165, 1.54) is 12.1 Å². The van der Waals surface area contributed by atoms with Gasteiger partial charge >= 0.3 is 6.03 Å². The zero-order valence-electron chi connectivity index (χ0n) is 18.1. The predicted molar refractivity (Wildman–Crippen MR) is 127 cm³/mol. The van der Waals surface area contributed by atoms with Gasteiger partial charge in [0, 0.05) is 42.0 Å². The highest BCUT2D eigenvalue weighted by Crippen LogP contribution is 2.41. The molecule has 0 radical (unpaired) electrons. The average molecular weight is 493 g/mol. The van der Waals surface area contributed by atoms with E-state index in [-0.39, 0.29) is 27.6 Å². The Morgan fingerprint density at radius 1 is 1.42 bits per heavy atom. The molecule has 0 spiro atoms. The van der Waals surface area contributed by atoms with Gasteiger partial charge in [-0.25, -0.2) is 14.2 Å². The molecule has 3 N–H and O–H groups in total. The summed E-state index contributed by atoms with van der Waals surface area (Å²) in [4.78, 5) is 18.1. The summed E-state index contributed by atoms with van der Waals surface area (Å²) in [6.07, 6.45) is 5.19. The van der Waals surface area contributed by atoms with Crippen LogP contribution in [0.5, 0.6) is 5.75 Å². The first kappa shape index (κ1) is 23.2. The first-order valence-corrected chi connectivity index (χ1v) is 11.2. The molecule has 1 aliphatic heterocycles. The zero-order chi connectivity index (χ0) is 23.7. The molecule has 1 aliphatic rings. The Kier molecular flexibility index (Phi) is 6.67. The summed E-state index contributed by atoms with van der Waals surface area (Å²) in [5.74, 6) is -0.246. The molecule has 1 atom stereocenters. The number of pyridine rings is 1. The number of hydrogen-bond acceptors (Lipinski definition) is 5. The third-order valence-electron chi connectivity index (χ3n) is 5.55. The molecular weight excluding hydrogens is 470 g/mol. The van der Waals surface area contributed by atoms with Crippen molar-refractivity contribution < 1.29 is 18.3 Å². The smallest absolute Gasteiger partial charge is 0.317 e. The number of amides is 2. The summed E-state index contributed by atoms with van der Waals surface area (Å²) in [6.45, 7) is 5.24. The number of carbonyl (C=O) groups is 1. The molecule has 2 aromatic heterocycles. The van der Waals surface area contributed by atoms with Gasteiger partial charge in [0.05, 0.1) is 16.7 Å². The largest absolute Gasteiger partial charge is 0.478 e. The van der Waals surface area contributed by atoms with Crippen molar-refractivity contribution in [1.29, 1.82) is 0 Å². The van der Waals surface area contributed by atoms with E-state index in [1.54, 1.807) is 24.3 Å². The zero-order valence-corrected chi connectivity index (χ0v) is 19.6. The number of nitrogens with two attached hydrogens (primary N) is 1. The second kappa shape index (κ2) is 9.49. The number of aromatic nitrogens is 1. The van der Waals surface area contributed by atoms with Crippen molar-refractivity contribution in [3.8, 4) is 5.75 Å². The molecule has 3 heterocycles. The van der Waals surface area contributed by atoms with E-state index < -0.39 is 11.9 Å². The number of nitrogens with zero attached hydrogens (tertiary/aromatic N) is 2. The van der Waals surface area contributed by atoms with Crippen LogP contribution >= 0.6 is 23.2 Å². The van der Waals surface area contributed by atoms with Gasteiger partial charge in [0.15, 0.2) is 11.4 Å². The molecule has 4 rings (SSSR count). The van der Waals surface area contributed by atoms with Gasteiger partial charge in [-0.15, -0.1) is 0 Å². The van der Waals surface area contributed by atoms with E-state index in [0.717, 1.165) is 16.5 Å². The van der Waals surface area contributed by atoms with Gasteiger partial charge in [-0.05, 0) is 38.0 Å². The van der Waals surface area contributed by atoms with Crippen molar-refractivity contribution in [3.05, 3.63) is 57.7 Å². The van der Waals surface area contributed by atoms with Crippen LogP contribution in [0.4, 0.5) is 15.0 Å². The lowest BCUT2D eigenvalue weighted by Gasteiger charge is -2.26. The Balaban J connectivity index is 1.64. The number of carbonyl (C=O) groups excluding carboxylic acids is 1. The second-order valence-electron chi connectivity index (χ2n) is 7.64. The summed E-state index contributed by atoms with van der Waals surface area (Å²) in [6, 6.07) is 2.53. The van der Waals surface area contributed by atoms with Gasteiger partial charge in [-0.1, -0.05) is 29.3 Å². The van der Waals surface area contributed by atoms with Crippen molar-refractivity contribution in [2.24, 2.45) is 0 Å². The molecule has 0 saturated heterocycles. The van der Waals surface area contributed by atoms with Crippen molar-refractivity contribution in [2.75, 3.05) is 25.4 Å². The van der Waals surface area contributed by atoms with Crippen LogP contribution in [0.3, 0.4) is 0 Å². The Morgan fingerprint density at radius 3 is 2.91 bits per heavy atom. The Morgan fingerprint density at radius 2 is 2.21 bits per heavy atom. The first-order chi connectivity index (χ1) is 15.8. The summed E-state index contributed by atoms with van der Waals surface area (Å²) in [5, 5.41) is 3.69. The third kappa shape index (κ3) is 4.45. The van der Waals surface area contributed by atoms with Gasteiger partial charge in [-0.3, -0.25) is 0 Å². The monoisotopic (exact) mass is 492 g/mol. The van der Waals surface area contributed by atoms with E-state index in [1.807, 2.05) is 13.0 Å². The Hall–Kier alpha value is -2.97. The number of urea groups is 1. The number of furan rings is 1. The van der Waals surface area contributed by atoms with Crippen molar-refractivity contribution in [1.82, 2.24) is 15.2 Å². The summed E-state index contributed by atoms with van der Waals surface area (Å²) >= 11 is 12.4. The highest BCUT2D eigenvalue weighted by atomic mass is 35.5. The fraction of sp³-hybridized carbons (Fsp3) is 0.304. The average Bonchev–Trinajstić information content (AvgIpc) is 3.23. The van der Waals surface area contributed by atoms with E-state index in [9.17, 15) is 9.18 Å². The van der Waals surface area contributed by atoms with E-state index in [4.69, 9.17) is 38.1 Å². The highest BCUT2D eigenvalue weighted by molar-refractivity contribution is 6.36. The molecule has 0 fully saturated rings. The maximum absolute atomic E-state index is 14.0. The van der Waals surface area contributed by atoms with Crippen LogP contribution in [0.25, 0.3) is 16.5 Å². The van der Waals surface area contributed by atoms with Crippen LogP contribution in [0.15, 0.2) is 35.1 Å². The number of fused-ring (bicyclic) bond motifs is 1. The molecule has 3 aromatic rings. The minimum Gasteiger partial charge on any atom is -0.478 e. The SMILES string of the molecule is CCNC(=O)N1CC=C(c2coc3c(OC(C)c4c(Cl)ccc(F)c4Cl)c(N)ncc23)CC1. The molecular formula is C23H23Cl2FN4O3. The molecule has 2 amide bonds. The van der Waals surface area contributed by atoms with E-state index >= 15 is 0 Å². The lowest BCUT2D eigenvalue weighted by molar-refractivity contribution is 0.203. The quantitative estimate of drug-likeness (QED) is 0.438. The molecule has 174 valence electrons. The number of ether oxygens (including phenoxy) is 1. The van der Waals surface area contributed by atoms with Gasteiger partial charge in [0.2, 0.25) is 5.75 Å². The van der Waals surface area contributed by atoms with Gasteiger partial charge in [-0.2, -0.15) is 0 Å². The Bertz CT molecular complexity index is 1240. The van der Waals surface area contributed by atoms with Crippen LogP contribution in [-0.4, -0.2) is 35.5 Å². The highest BCUT2D eigenvalue weighted by Gasteiger charge is 2.25. The molecule has 0 saturated carbocycles. The van der Waals surface area contributed by atoms with Crippen molar-refractivity contribution in [3.63, 3.8) is 0 Å². The maximum atomic E-state index is 14.0. The van der Waals surface area contributed by atoms with Crippen LogP contribution < -0.4 is 15.8 Å². The number of rotatable bonds is 5. The van der Waals surface area contributed by atoms with E-state index in [2.05, 4.69) is 10.3 Å². The number of anilines is 1. The van der Waals surface area contributed by atoms with Crippen LogP contribution in [-0.2, 0) is 0 Å². The summed E-state index contributed by atoms with van der Waals surface area (Å²) in [7, 11) is 0. The molecule has 0 bridgehead atoms. The molecule has 1 unspecified atom stereocenters. The standard InChI is InChI=1S/C23H23Cl2FN4O3/c1-3-28-23(31)30-8-6-13(7-9-30)15-11-32-20-14(15)10-29-22(27)21(20)33-12(2)18-16(24)4-5-17(26)19(18)25/h4-6,10-12H,3,7-9H2,1-2H3,(H2,27,29)(H,28,31). The van der Waals surface area contributed by atoms with Gasteiger partial charge in [0.1, 0.15) is 11.9 Å². The summed E-state index contributed by atoms with van der Waals surface area (Å²) < 4.78 is 25.9. The number of benzene rings is 1. The molecule has 33 heavy (non-hydrogen) atoms. The minimum absolute atomic E-state index is 0.0846. The lowest BCUT2D eigenvalue weighted by Crippen LogP contribution is -2.41. The summed E-state index contributed by atoms with van der Waals surface area (Å²) in [5.41, 5.74) is 8.70. The molecule has 1 aromatic carbocycles. The Labute approximate surface area is 200 Å². The fourth-order valence-electron chi connectivity index (χ4n) is 3.86. The van der Waals surface area contributed by atoms with Crippen molar-refractivity contribution >= 4 is 51.6 Å². The lowest BCUT2D eigenvalue weighted by atomic mass is 9.99. The first-order valence-electron chi connectivity index (χ1n) is 10.5. The molecule has 0 aliphatic carbocycles. The minimum atomic E-state index is -0.719. The number of halogens is 3. The second-order valence-corrected chi connectivity index (χ2v) is 8.43. The topological polar surface area (TPSA) is 93.6 Å². The number of hydrogen-bond donors (Lipinski definition) is 2. The third-order valence-corrected chi connectivity index (χ3v) is 6.27. The fourth-order valence-corrected chi connectivity index (χ4v) is 4.53. The van der Waals surface area contributed by atoms with E-state index in [0.29, 0.717) is 37.2 Å². The van der Waals surface area contributed by atoms with Crippen LogP contribution in [0.1, 0.15) is 37.5 Å². The van der Waals surface area contributed by atoms with Crippen LogP contribution in [0, 0.1) is 5.82 Å². The number of nitrogens with one attached hydrogen (secondary N) is 1. The maximum Gasteiger partial charge on any atom is 0.317 e.